The molecule has 2 aliphatic rings. The highest BCUT2D eigenvalue weighted by Gasteiger charge is 2.44. The van der Waals surface area contributed by atoms with Crippen molar-refractivity contribution in [2.24, 2.45) is 0 Å². The molecule has 2 aromatic carbocycles. The normalized spacial score (nSPS) is 29.9. The van der Waals surface area contributed by atoms with E-state index < -0.39 is 37.1 Å². The maximum Gasteiger partial charge on any atom is 0.113 e. The van der Waals surface area contributed by atoms with Crippen LogP contribution in [-0.4, -0.2) is 51.4 Å². The van der Waals surface area contributed by atoms with Gasteiger partial charge in [-0.25, -0.2) is 0 Å². The van der Waals surface area contributed by atoms with E-state index in [1.54, 1.807) is 12.1 Å². The molecular weight excluding hydrogens is 368 g/mol. The Morgan fingerprint density at radius 2 is 1.70 bits per heavy atom. The fraction of sp³-hybridized carbons (Fsp3) is 0.429. The summed E-state index contributed by atoms with van der Waals surface area (Å²) in [4.78, 5) is 0. The van der Waals surface area contributed by atoms with Crippen LogP contribution in [0.3, 0.4) is 0 Å². The Balaban J connectivity index is 1.60. The van der Waals surface area contributed by atoms with Crippen molar-refractivity contribution in [1.29, 1.82) is 0 Å². The van der Waals surface area contributed by atoms with Crippen molar-refractivity contribution >= 4 is 11.6 Å². The summed E-state index contributed by atoms with van der Waals surface area (Å²) in [6, 6.07) is 11.8. The summed E-state index contributed by atoms with van der Waals surface area (Å²) < 4.78 is 5.65. The number of fused-ring (bicyclic) bond motifs is 1. The van der Waals surface area contributed by atoms with E-state index in [1.807, 2.05) is 6.07 Å². The fourth-order valence-electron chi connectivity index (χ4n) is 3.86. The highest BCUT2D eigenvalue weighted by Crippen LogP contribution is 2.34. The fourth-order valence-corrected chi connectivity index (χ4v) is 4.05. The zero-order chi connectivity index (χ0) is 19.1. The van der Waals surface area contributed by atoms with Crippen molar-refractivity contribution in [3.63, 3.8) is 0 Å². The smallest absolute Gasteiger partial charge is 0.113 e. The molecule has 27 heavy (non-hydrogen) atoms. The van der Waals surface area contributed by atoms with Crippen LogP contribution in [0.4, 0.5) is 0 Å². The van der Waals surface area contributed by atoms with Crippen LogP contribution < -0.4 is 0 Å². The van der Waals surface area contributed by atoms with Gasteiger partial charge in [0.2, 0.25) is 0 Å². The molecule has 6 heteroatoms. The van der Waals surface area contributed by atoms with Gasteiger partial charge < -0.3 is 25.2 Å². The predicted octanol–water partition coefficient (Wildman–Crippen LogP) is 1.54. The van der Waals surface area contributed by atoms with Gasteiger partial charge in [0.05, 0.1) is 6.61 Å². The molecule has 0 aromatic heterocycles. The van der Waals surface area contributed by atoms with Crippen molar-refractivity contribution in [3.05, 3.63) is 69.2 Å². The second kappa shape index (κ2) is 7.51. The van der Waals surface area contributed by atoms with Crippen LogP contribution in [0.5, 0.6) is 0 Å². The Hall–Kier alpha value is -1.47. The van der Waals surface area contributed by atoms with Crippen LogP contribution in [-0.2, 0) is 24.0 Å². The van der Waals surface area contributed by atoms with Gasteiger partial charge in [0.15, 0.2) is 0 Å². The van der Waals surface area contributed by atoms with E-state index in [2.05, 4.69) is 18.2 Å². The van der Waals surface area contributed by atoms with Crippen molar-refractivity contribution in [2.45, 2.75) is 49.8 Å². The summed E-state index contributed by atoms with van der Waals surface area (Å²) in [5.74, 6) is 0. The summed E-state index contributed by atoms with van der Waals surface area (Å²) in [5, 5.41) is 40.3. The summed E-state index contributed by atoms with van der Waals surface area (Å²) in [6.07, 6.45) is -2.94. The molecule has 144 valence electrons. The van der Waals surface area contributed by atoms with E-state index in [1.165, 1.54) is 16.7 Å². The van der Waals surface area contributed by atoms with E-state index >= 15 is 0 Å². The average Bonchev–Trinajstić information content (AvgIpc) is 2.64. The van der Waals surface area contributed by atoms with Crippen LogP contribution in [0.25, 0.3) is 0 Å². The first kappa shape index (κ1) is 18.9. The van der Waals surface area contributed by atoms with Crippen LogP contribution in [0.2, 0.25) is 5.02 Å². The first-order chi connectivity index (χ1) is 13.0. The van der Waals surface area contributed by atoms with E-state index in [0.29, 0.717) is 17.0 Å². The number of aliphatic hydroxyl groups is 4. The molecule has 0 bridgehead atoms. The molecule has 0 saturated carbocycles. The van der Waals surface area contributed by atoms with Gasteiger partial charge in [-0.2, -0.15) is 0 Å². The molecule has 0 spiro atoms. The van der Waals surface area contributed by atoms with Gasteiger partial charge in [0.1, 0.15) is 30.5 Å². The molecule has 5 atom stereocenters. The average molecular weight is 391 g/mol. The Morgan fingerprint density at radius 1 is 0.926 bits per heavy atom. The van der Waals surface area contributed by atoms with Crippen molar-refractivity contribution in [1.82, 2.24) is 0 Å². The highest BCUT2D eigenvalue weighted by atomic mass is 35.5. The van der Waals surface area contributed by atoms with Gasteiger partial charge in [-0.05, 0) is 53.1 Å². The Bertz CT molecular complexity index is 837. The number of halogens is 1. The molecule has 1 aliphatic carbocycles. The van der Waals surface area contributed by atoms with E-state index in [0.717, 1.165) is 18.4 Å². The highest BCUT2D eigenvalue weighted by molar-refractivity contribution is 6.31. The Kier molecular flexibility index (Phi) is 5.25. The molecular formula is C21H23ClO5. The number of rotatable bonds is 4. The second-order valence-corrected chi connectivity index (χ2v) is 7.79. The van der Waals surface area contributed by atoms with Crippen LogP contribution in [0.15, 0.2) is 36.4 Å². The van der Waals surface area contributed by atoms with Gasteiger partial charge in [-0.1, -0.05) is 41.9 Å². The quantitative estimate of drug-likeness (QED) is 0.636. The van der Waals surface area contributed by atoms with E-state index in [4.69, 9.17) is 16.3 Å². The van der Waals surface area contributed by atoms with Crippen molar-refractivity contribution < 1.29 is 25.2 Å². The van der Waals surface area contributed by atoms with Crippen LogP contribution >= 0.6 is 11.6 Å². The molecule has 4 rings (SSSR count). The first-order valence-electron chi connectivity index (χ1n) is 9.17. The van der Waals surface area contributed by atoms with Crippen LogP contribution in [0, 0.1) is 0 Å². The van der Waals surface area contributed by atoms with Gasteiger partial charge in [-0.15, -0.1) is 0 Å². The molecule has 4 N–H and O–H groups in total. The van der Waals surface area contributed by atoms with Crippen LogP contribution in [0.1, 0.15) is 33.9 Å². The zero-order valence-corrected chi connectivity index (χ0v) is 15.5. The minimum absolute atomic E-state index is 0.447. The summed E-state index contributed by atoms with van der Waals surface area (Å²) in [6.45, 7) is -0.447. The number of aryl methyl sites for hydroxylation is 2. The third kappa shape index (κ3) is 3.51. The molecule has 1 aliphatic heterocycles. The molecule has 0 amide bonds. The largest absolute Gasteiger partial charge is 0.394 e. The molecule has 5 nitrogen and oxygen atoms in total. The van der Waals surface area contributed by atoms with E-state index in [9.17, 15) is 20.4 Å². The summed E-state index contributed by atoms with van der Waals surface area (Å²) in [7, 11) is 0. The van der Waals surface area contributed by atoms with Gasteiger partial charge in [0, 0.05) is 5.02 Å². The minimum Gasteiger partial charge on any atom is -0.394 e. The zero-order valence-electron chi connectivity index (χ0n) is 14.8. The maximum atomic E-state index is 10.3. The minimum atomic E-state index is -1.40. The maximum absolute atomic E-state index is 10.3. The molecule has 0 unspecified atom stereocenters. The third-order valence-corrected chi connectivity index (χ3v) is 5.99. The third-order valence-electron chi connectivity index (χ3n) is 5.62. The number of ether oxygens (including phenoxy) is 1. The predicted molar refractivity (Wildman–Crippen MR) is 101 cm³/mol. The van der Waals surface area contributed by atoms with Gasteiger partial charge in [-0.3, -0.25) is 0 Å². The molecule has 1 fully saturated rings. The molecule has 2 aromatic rings. The standard InChI is InChI=1S/C21H23ClO5/c22-16-6-5-14(21-20(26)19(25)18(24)17(10-23)27-21)9-15(16)8-11-1-2-12-3-4-13(12)7-11/h1-2,5-7,9,17-21,23-26H,3-4,8,10H2/t17-,18-,19+,20-,21+/m1/s1. The number of hydrogen-bond donors (Lipinski definition) is 4. The van der Waals surface area contributed by atoms with E-state index in [-0.39, 0.29) is 0 Å². The van der Waals surface area contributed by atoms with Crippen molar-refractivity contribution in [2.75, 3.05) is 6.61 Å². The topological polar surface area (TPSA) is 90.2 Å². The summed E-state index contributed by atoms with van der Waals surface area (Å²) in [5.41, 5.74) is 5.50. The number of benzene rings is 2. The molecule has 1 saturated heterocycles. The molecule has 0 radical (unpaired) electrons. The van der Waals surface area contributed by atoms with Gasteiger partial charge >= 0.3 is 0 Å². The number of aliphatic hydroxyl groups excluding tert-OH is 4. The lowest BCUT2D eigenvalue weighted by atomic mass is 9.86. The Morgan fingerprint density at radius 3 is 2.37 bits per heavy atom. The monoisotopic (exact) mass is 390 g/mol. The van der Waals surface area contributed by atoms with Crippen molar-refractivity contribution in [3.8, 4) is 0 Å². The lowest BCUT2D eigenvalue weighted by Crippen LogP contribution is -2.55. The summed E-state index contributed by atoms with van der Waals surface area (Å²) >= 11 is 6.38. The van der Waals surface area contributed by atoms with Gasteiger partial charge in [0.25, 0.3) is 0 Å². The lowest BCUT2D eigenvalue weighted by Gasteiger charge is -2.40. The number of hydrogen-bond acceptors (Lipinski definition) is 5. The Labute approximate surface area is 162 Å². The first-order valence-corrected chi connectivity index (χ1v) is 9.55. The SMILES string of the molecule is OC[C@H]1O[C@@H](c2ccc(Cl)c(Cc3ccc4c(c3)CC4)c2)[C@H](O)[C@@H](O)[C@@H]1O. The molecule has 1 heterocycles. The second-order valence-electron chi connectivity index (χ2n) is 7.38. The lowest BCUT2D eigenvalue weighted by molar-refractivity contribution is -0.231.